The van der Waals surface area contributed by atoms with E-state index in [1.54, 1.807) is 0 Å². The van der Waals surface area contributed by atoms with Gasteiger partial charge >= 0.3 is 0 Å². The van der Waals surface area contributed by atoms with E-state index in [4.69, 9.17) is 16.0 Å². The van der Waals surface area contributed by atoms with E-state index in [9.17, 15) is 19.2 Å². The number of amides is 4. The summed E-state index contributed by atoms with van der Waals surface area (Å²) in [5, 5.41) is 15.6. The maximum absolute atomic E-state index is 12.1. The number of carbonyl (C=O) groups excluding carboxylic acids is 4. The van der Waals surface area contributed by atoms with Crippen molar-refractivity contribution in [1.82, 2.24) is 15.5 Å². The van der Waals surface area contributed by atoms with Gasteiger partial charge in [-0.2, -0.15) is 0 Å². The van der Waals surface area contributed by atoms with E-state index >= 15 is 0 Å². The van der Waals surface area contributed by atoms with Crippen LogP contribution in [0.3, 0.4) is 0 Å². The highest BCUT2D eigenvalue weighted by Crippen LogP contribution is 1.98. The van der Waals surface area contributed by atoms with Crippen LogP contribution < -0.4 is 26.6 Å². The van der Waals surface area contributed by atoms with Gasteiger partial charge < -0.3 is 21.3 Å². The van der Waals surface area contributed by atoms with Crippen molar-refractivity contribution in [2.24, 2.45) is 16.0 Å². The van der Waals surface area contributed by atoms with E-state index in [0.717, 1.165) is 23.9 Å². The van der Waals surface area contributed by atoms with Crippen LogP contribution in [-0.2, 0) is 19.2 Å². The van der Waals surface area contributed by atoms with Gasteiger partial charge in [0.15, 0.2) is 0 Å². The van der Waals surface area contributed by atoms with Crippen molar-refractivity contribution in [2.45, 2.75) is 12.8 Å². The van der Waals surface area contributed by atoms with Crippen molar-refractivity contribution >= 4 is 47.5 Å². The van der Waals surface area contributed by atoms with Gasteiger partial charge in [-0.1, -0.05) is 23.9 Å². The number of nitrogens with one attached hydrogen (secondary N) is 2. The summed E-state index contributed by atoms with van der Waals surface area (Å²) in [5.74, 6) is -1.06. The fourth-order valence-electron chi connectivity index (χ4n) is 1.66. The average Bonchev–Trinajstić information content (AvgIpc) is 2.51. The van der Waals surface area contributed by atoms with Crippen LogP contribution in [0.1, 0.15) is 12.8 Å². The molecule has 0 atom stereocenters. The Bertz CT molecular complexity index is 414. The SMILES string of the molecule is NSCC(=O)NCCN(CCNC(=O)CSN)C(=O)CCC(N)=O. The first-order valence-corrected chi connectivity index (χ1v) is 9.23. The Balaban J connectivity index is 4.36. The van der Waals surface area contributed by atoms with Gasteiger partial charge in [0, 0.05) is 39.0 Å². The molecular formula is C12H24N6O4S2. The van der Waals surface area contributed by atoms with Crippen LogP contribution in [0.4, 0.5) is 0 Å². The average molecular weight is 380 g/mol. The Morgan fingerprint density at radius 3 is 1.67 bits per heavy atom. The van der Waals surface area contributed by atoms with Crippen LogP contribution in [0.5, 0.6) is 0 Å². The Kier molecular flexibility index (Phi) is 13.0. The van der Waals surface area contributed by atoms with E-state index < -0.39 is 5.91 Å². The van der Waals surface area contributed by atoms with Crippen LogP contribution in [0.25, 0.3) is 0 Å². The Labute approximate surface area is 149 Å². The minimum absolute atomic E-state index is 0.0193. The van der Waals surface area contributed by atoms with Crippen molar-refractivity contribution in [3.63, 3.8) is 0 Å². The molecule has 0 radical (unpaired) electrons. The molecular weight excluding hydrogens is 356 g/mol. The lowest BCUT2D eigenvalue weighted by Gasteiger charge is -2.23. The Morgan fingerprint density at radius 2 is 1.29 bits per heavy atom. The Hall–Kier alpha value is -1.50. The molecule has 0 unspecified atom stereocenters. The number of carbonyl (C=O) groups is 4. The molecule has 0 aromatic rings. The molecule has 0 fully saturated rings. The number of nitrogens with zero attached hydrogens (tertiary/aromatic N) is 1. The van der Waals surface area contributed by atoms with Crippen molar-refractivity contribution < 1.29 is 19.2 Å². The first kappa shape index (κ1) is 22.5. The molecule has 0 aliphatic carbocycles. The van der Waals surface area contributed by atoms with E-state index in [0.29, 0.717) is 0 Å². The number of rotatable bonds is 13. The highest BCUT2D eigenvalue weighted by Gasteiger charge is 2.15. The molecule has 12 heteroatoms. The predicted octanol–water partition coefficient (Wildman–Crippen LogP) is -2.47. The van der Waals surface area contributed by atoms with E-state index in [2.05, 4.69) is 10.6 Å². The van der Waals surface area contributed by atoms with Crippen LogP contribution in [-0.4, -0.2) is 66.2 Å². The second-order valence-electron chi connectivity index (χ2n) is 4.67. The normalized spacial score (nSPS) is 10.1. The molecule has 0 spiro atoms. The van der Waals surface area contributed by atoms with Crippen LogP contribution in [0.2, 0.25) is 0 Å². The number of primary amides is 1. The standard InChI is InChI=1S/C12H24N6O4S2/c13-9(19)1-2-12(22)18(5-3-16-10(20)7-23-14)6-4-17-11(21)8-24-15/h1-8,14-15H2,(H2,13,19)(H,16,20)(H,17,21). The van der Waals surface area contributed by atoms with Crippen molar-refractivity contribution in [3.8, 4) is 0 Å². The lowest BCUT2D eigenvalue weighted by molar-refractivity contribution is -0.133. The van der Waals surface area contributed by atoms with E-state index in [1.165, 1.54) is 4.90 Å². The van der Waals surface area contributed by atoms with Crippen LogP contribution >= 0.6 is 23.9 Å². The number of hydrogen-bond donors (Lipinski definition) is 5. The van der Waals surface area contributed by atoms with Crippen molar-refractivity contribution in [3.05, 3.63) is 0 Å². The van der Waals surface area contributed by atoms with Gasteiger partial charge in [-0.05, 0) is 0 Å². The van der Waals surface area contributed by atoms with Gasteiger partial charge in [0.05, 0.1) is 11.5 Å². The predicted molar refractivity (Wildman–Crippen MR) is 94.3 cm³/mol. The summed E-state index contributed by atoms with van der Waals surface area (Å²) in [5.41, 5.74) is 5.04. The molecule has 8 N–H and O–H groups in total. The Morgan fingerprint density at radius 1 is 0.833 bits per heavy atom. The van der Waals surface area contributed by atoms with Gasteiger partial charge in [0.1, 0.15) is 0 Å². The molecule has 10 nitrogen and oxygen atoms in total. The fourth-order valence-corrected chi connectivity index (χ4v) is 2.17. The summed E-state index contributed by atoms with van der Waals surface area (Å²) in [6, 6.07) is 0. The second-order valence-corrected chi connectivity index (χ2v) is 5.91. The minimum Gasteiger partial charge on any atom is -0.370 e. The topological polar surface area (TPSA) is 174 Å². The summed E-state index contributed by atoms with van der Waals surface area (Å²) < 4.78 is 0. The fraction of sp³-hybridized carbons (Fsp3) is 0.667. The molecule has 0 saturated carbocycles. The van der Waals surface area contributed by atoms with Gasteiger partial charge in [-0.25, -0.2) is 0 Å². The van der Waals surface area contributed by atoms with Crippen LogP contribution in [0, 0.1) is 0 Å². The largest absolute Gasteiger partial charge is 0.370 e. The summed E-state index contributed by atoms with van der Waals surface area (Å²) in [4.78, 5) is 47.0. The molecule has 0 aromatic heterocycles. The first-order chi connectivity index (χ1) is 11.4. The molecule has 0 saturated heterocycles. The summed E-state index contributed by atoms with van der Waals surface area (Å²) in [7, 11) is 0. The molecule has 24 heavy (non-hydrogen) atoms. The summed E-state index contributed by atoms with van der Waals surface area (Å²) in [6.07, 6.45) is -0.0732. The van der Waals surface area contributed by atoms with Crippen LogP contribution in [0.15, 0.2) is 0 Å². The monoisotopic (exact) mass is 380 g/mol. The zero-order chi connectivity index (χ0) is 18.4. The van der Waals surface area contributed by atoms with E-state index in [1.807, 2.05) is 0 Å². The van der Waals surface area contributed by atoms with Crippen molar-refractivity contribution in [2.75, 3.05) is 37.7 Å². The minimum atomic E-state index is -0.565. The maximum atomic E-state index is 12.1. The molecule has 0 heterocycles. The zero-order valence-corrected chi connectivity index (χ0v) is 14.9. The molecule has 0 rings (SSSR count). The maximum Gasteiger partial charge on any atom is 0.231 e. The zero-order valence-electron chi connectivity index (χ0n) is 13.3. The highest BCUT2D eigenvalue weighted by atomic mass is 32.2. The molecule has 0 bridgehead atoms. The third-order valence-electron chi connectivity index (χ3n) is 2.77. The molecule has 0 aliphatic heterocycles. The summed E-state index contributed by atoms with van der Waals surface area (Å²) >= 11 is 1.81. The molecule has 138 valence electrons. The molecule has 0 aliphatic rings. The smallest absolute Gasteiger partial charge is 0.231 e. The lowest BCUT2D eigenvalue weighted by Crippen LogP contribution is -2.43. The third kappa shape index (κ3) is 12.0. The van der Waals surface area contributed by atoms with Gasteiger partial charge in [0.25, 0.3) is 0 Å². The van der Waals surface area contributed by atoms with E-state index in [-0.39, 0.29) is 68.2 Å². The number of hydrogen-bond acceptors (Lipinski definition) is 8. The van der Waals surface area contributed by atoms with Gasteiger partial charge in [-0.15, -0.1) is 0 Å². The van der Waals surface area contributed by atoms with Gasteiger partial charge in [0.2, 0.25) is 23.6 Å². The molecule has 4 amide bonds. The second kappa shape index (κ2) is 13.9. The quantitative estimate of drug-likeness (QED) is 0.218. The first-order valence-electron chi connectivity index (χ1n) is 7.13. The van der Waals surface area contributed by atoms with Crippen molar-refractivity contribution in [1.29, 1.82) is 0 Å². The molecule has 0 aromatic carbocycles. The van der Waals surface area contributed by atoms with Gasteiger partial charge in [-0.3, -0.25) is 29.5 Å². The highest BCUT2D eigenvalue weighted by molar-refractivity contribution is 7.97. The third-order valence-corrected chi connectivity index (χ3v) is 3.63. The summed E-state index contributed by atoms with van der Waals surface area (Å²) in [6.45, 7) is 0.989. The lowest BCUT2D eigenvalue weighted by atomic mass is 10.2. The number of nitrogens with two attached hydrogens (primary N) is 3.